The van der Waals surface area contributed by atoms with E-state index in [1.54, 1.807) is 6.07 Å². The summed E-state index contributed by atoms with van der Waals surface area (Å²) in [5.74, 6) is -0.763. The fraction of sp³-hybridized carbons (Fsp3) is 0.292. The van der Waals surface area contributed by atoms with E-state index in [1.165, 1.54) is 50.2 Å². The first-order valence-electron chi connectivity index (χ1n) is 10.4. The first-order chi connectivity index (χ1) is 16.3. The number of aliphatic imine (C=N–C) groups is 1. The van der Waals surface area contributed by atoms with E-state index in [2.05, 4.69) is 9.98 Å². The van der Waals surface area contributed by atoms with Crippen molar-refractivity contribution < 1.29 is 37.7 Å². The molecule has 1 aromatic heterocycles. The van der Waals surface area contributed by atoms with E-state index in [-0.39, 0.29) is 40.2 Å². The molecular weight excluding hydrogens is 489 g/mol. The summed E-state index contributed by atoms with van der Waals surface area (Å²) in [6.45, 7) is 2.96. The number of alkyl halides is 3. The Balaban J connectivity index is 1.72. The molecule has 0 bridgehead atoms. The maximum absolute atomic E-state index is 14.2. The number of aromatic nitrogens is 1. The molecule has 0 radical (unpaired) electrons. The number of nitrogens with zero attached hydrogens (tertiary/aromatic N) is 2. The minimum atomic E-state index is -5.06. The number of hydrogen-bond acceptors (Lipinski definition) is 6. The van der Waals surface area contributed by atoms with E-state index in [1.807, 2.05) is 0 Å². The monoisotopic (exact) mass is 508 g/mol. The molecule has 0 amide bonds. The van der Waals surface area contributed by atoms with Crippen molar-refractivity contribution in [2.75, 3.05) is 6.79 Å². The predicted octanol–water partition coefficient (Wildman–Crippen LogP) is 5.68. The first kappa shape index (κ1) is 24.7. The summed E-state index contributed by atoms with van der Waals surface area (Å²) in [7, 11) is 0. The van der Waals surface area contributed by atoms with Crippen LogP contribution in [0.3, 0.4) is 0 Å². The number of fused-ring (bicyclic) bond motifs is 2. The van der Waals surface area contributed by atoms with E-state index in [4.69, 9.17) is 26.2 Å². The highest BCUT2D eigenvalue weighted by Gasteiger charge is 2.55. The van der Waals surface area contributed by atoms with Gasteiger partial charge < -0.3 is 19.7 Å². The van der Waals surface area contributed by atoms with Crippen LogP contribution in [0, 0.1) is 0 Å². The van der Waals surface area contributed by atoms with Crippen molar-refractivity contribution in [2.24, 2.45) is 4.99 Å². The van der Waals surface area contributed by atoms with Crippen molar-refractivity contribution in [3.63, 3.8) is 0 Å². The van der Waals surface area contributed by atoms with Crippen LogP contribution in [0.15, 0.2) is 47.5 Å². The normalized spacial score (nSPS) is 15.5. The Hall–Kier alpha value is -3.37. The van der Waals surface area contributed by atoms with Gasteiger partial charge in [-0.3, -0.25) is 4.99 Å². The standard InChI is InChI=1S/C24H20ClF3N2O5/c1-22(2,14-7-8-15(25)20-19(14)34-12-35-20)10-23(33,24(26,27)28)11-29-16-4-3-5-17-13(16)6-9-18(30-17)21(31)32/h3-9,11,33H,10,12H2,1-2H3,(H,31,32). The molecule has 0 saturated heterocycles. The number of halogens is 4. The summed E-state index contributed by atoms with van der Waals surface area (Å²) in [5, 5.41) is 20.5. The molecule has 1 atom stereocenters. The van der Waals surface area contributed by atoms with Crippen molar-refractivity contribution in [1.82, 2.24) is 4.98 Å². The molecule has 0 saturated carbocycles. The average Bonchev–Trinajstić information content (AvgIpc) is 3.27. The summed E-state index contributed by atoms with van der Waals surface area (Å²) in [6, 6.07) is 10.1. The molecule has 2 N–H and O–H groups in total. The number of carboxylic acids is 1. The van der Waals surface area contributed by atoms with Crippen LogP contribution in [-0.4, -0.2) is 46.0 Å². The van der Waals surface area contributed by atoms with Gasteiger partial charge in [0.2, 0.25) is 6.79 Å². The van der Waals surface area contributed by atoms with Gasteiger partial charge in [0.05, 0.1) is 16.2 Å². The van der Waals surface area contributed by atoms with E-state index < -0.39 is 29.6 Å². The van der Waals surface area contributed by atoms with Crippen LogP contribution in [0.25, 0.3) is 10.9 Å². The van der Waals surface area contributed by atoms with Gasteiger partial charge in [0, 0.05) is 17.2 Å². The van der Waals surface area contributed by atoms with Crippen LogP contribution in [0.5, 0.6) is 11.5 Å². The van der Waals surface area contributed by atoms with E-state index in [0.29, 0.717) is 17.2 Å². The predicted molar refractivity (Wildman–Crippen MR) is 123 cm³/mol. The second kappa shape index (κ2) is 8.69. The number of benzene rings is 2. The topological polar surface area (TPSA) is 101 Å². The minimum absolute atomic E-state index is 0.0940. The molecule has 1 unspecified atom stereocenters. The first-order valence-corrected chi connectivity index (χ1v) is 10.8. The van der Waals surface area contributed by atoms with Crippen molar-refractivity contribution in [2.45, 2.75) is 37.5 Å². The Labute approximate surface area is 202 Å². The maximum atomic E-state index is 14.2. The van der Waals surface area contributed by atoms with Crippen molar-refractivity contribution in [3.8, 4) is 11.5 Å². The summed E-state index contributed by atoms with van der Waals surface area (Å²) in [6.07, 6.45) is -5.38. The summed E-state index contributed by atoms with van der Waals surface area (Å²) in [5.41, 5.74) is -4.04. The van der Waals surface area contributed by atoms with Crippen molar-refractivity contribution >= 4 is 40.4 Å². The summed E-state index contributed by atoms with van der Waals surface area (Å²) < 4.78 is 53.2. The van der Waals surface area contributed by atoms with E-state index in [9.17, 15) is 23.1 Å². The lowest BCUT2D eigenvalue weighted by Gasteiger charge is -2.36. The SMILES string of the molecule is CC(C)(CC(O)(C=Nc1cccc2nc(C(=O)O)ccc12)C(F)(F)F)c1ccc(Cl)c2c1OCO2. The van der Waals surface area contributed by atoms with E-state index in [0.717, 1.165) is 0 Å². The molecule has 4 rings (SSSR count). The third-order valence-corrected chi connectivity index (χ3v) is 6.04. The number of carboxylic acid groups (broad SMARTS) is 1. The number of hydrogen-bond donors (Lipinski definition) is 2. The number of ether oxygens (including phenoxy) is 2. The Morgan fingerprint density at radius 1 is 1.14 bits per heavy atom. The molecule has 1 aliphatic rings. The van der Waals surface area contributed by atoms with Crippen LogP contribution in [0.2, 0.25) is 5.02 Å². The zero-order chi connectivity index (χ0) is 25.6. The van der Waals surface area contributed by atoms with Gasteiger partial charge in [-0.25, -0.2) is 9.78 Å². The fourth-order valence-electron chi connectivity index (χ4n) is 4.03. The van der Waals surface area contributed by atoms with Gasteiger partial charge in [0.1, 0.15) is 5.69 Å². The zero-order valence-corrected chi connectivity index (χ0v) is 19.3. The van der Waals surface area contributed by atoms with Crippen molar-refractivity contribution in [3.05, 3.63) is 58.7 Å². The number of pyridine rings is 1. The highest BCUT2D eigenvalue weighted by molar-refractivity contribution is 6.32. The lowest BCUT2D eigenvalue weighted by molar-refractivity contribution is -0.234. The Morgan fingerprint density at radius 2 is 1.86 bits per heavy atom. The Bertz CT molecular complexity index is 1340. The fourth-order valence-corrected chi connectivity index (χ4v) is 4.23. The zero-order valence-electron chi connectivity index (χ0n) is 18.6. The molecule has 7 nitrogen and oxygen atoms in total. The number of aromatic carboxylic acids is 1. The Kier molecular flexibility index (Phi) is 6.14. The van der Waals surface area contributed by atoms with Gasteiger partial charge in [-0.15, -0.1) is 0 Å². The molecule has 0 spiro atoms. The molecule has 1 aliphatic heterocycles. The third kappa shape index (κ3) is 4.63. The lowest BCUT2D eigenvalue weighted by atomic mass is 9.74. The van der Waals surface area contributed by atoms with Gasteiger partial charge in [-0.1, -0.05) is 37.6 Å². The van der Waals surface area contributed by atoms with Gasteiger partial charge in [0.15, 0.2) is 17.1 Å². The van der Waals surface area contributed by atoms with Crippen LogP contribution >= 0.6 is 11.6 Å². The molecule has 0 aliphatic carbocycles. The smallest absolute Gasteiger partial charge is 0.422 e. The van der Waals surface area contributed by atoms with Gasteiger partial charge >= 0.3 is 12.1 Å². The maximum Gasteiger partial charge on any atom is 0.422 e. The highest BCUT2D eigenvalue weighted by Crippen LogP contribution is 2.49. The number of rotatable bonds is 6. The van der Waals surface area contributed by atoms with Gasteiger partial charge in [-0.2, -0.15) is 13.2 Å². The number of carbonyl (C=O) groups is 1. The molecule has 2 heterocycles. The second-order valence-electron chi connectivity index (χ2n) is 8.75. The van der Waals surface area contributed by atoms with Gasteiger partial charge in [-0.05, 0) is 42.2 Å². The second-order valence-corrected chi connectivity index (χ2v) is 9.15. The average molecular weight is 509 g/mol. The molecule has 2 aromatic carbocycles. The summed E-state index contributed by atoms with van der Waals surface area (Å²) in [4.78, 5) is 19.1. The Morgan fingerprint density at radius 3 is 2.54 bits per heavy atom. The van der Waals surface area contributed by atoms with E-state index >= 15 is 0 Å². The molecule has 184 valence electrons. The highest BCUT2D eigenvalue weighted by atomic mass is 35.5. The lowest BCUT2D eigenvalue weighted by Crippen LogP contribution is -2.50. The molecule has 11 heteroatoms. The quantitative estimate of drug-likeness (QED) is 0.415. The number of aliphatic hydroxyl groups is 1. The molecular formula is C24H20ClF3N2O5. The van der Waals surface area contributed by atoms with Crippen LogP contribution in [0.4, 0.5) is 18.9 Å². The van der Waals surface area contributed by atoms with Crippen LogP contribution < -0.4 is 9.47 Å². The molecule has 35 heavy (non-hydrogen) atoms. The van der Waals surface area contributed by atoms with Crippen LogP contribution in [0.1, 0.15) is 36.3 Å². The minimum Gasteiger partial charge on any atom is -0.477 e. The molecule has 3 aromatic rings. The molecule has 0 fully saturated rings. The van der Waals surface area contributed by atoms with Crippen LogP contribution in [-0.2, 0) is 5.41 Å². The van der Waals surface area contributed by atoms with Gasteiger partial charge in [0.25, 0.3) is 0 Å². The summed E-state index contributed by atoms with van der Waals surface area (Å²) >= 11 is 6.10. The third-order valence-electron chi connectivity index (χ3n) is 5.75. The van der Waals surface area contributed by atoms with Crippen molar-refractivity contribution in [1.29, 1.82) is 0 Å². The largest absolute Gasteiger partial charge is 0.477 e.